The number of benzene rings is 3. The Balaban J connectivity index is 1.60. The highest BCUT2D eigenvalue weighted by Gasteiger charge is 2.08. The minimum atomic E-state index is -0.625. The lowest BCUT2D eigenvalue weighted by atomic mass is 10.1. The lowest BCUT2D eigenvalue weighted by Crippen LogP contribution is -1.99. The van der Waals surface area contributed by atoms with Crippen molar-refractivity contribution in [1.82, 2.24) is 9.97 Å². The topological polar surface area (TPSA) is 67.3 Å². The van der Waals surface area contributed by atoms with Crippen LogP contribution in [0.5, 0.6) is 11.5 Å². The molecule has 1 heterocycles. The van der Waals surface area contributed by atoms with E-state index in [0.717, 1.165) is 39.2 Å². The number of hydrogen-bond acceptors (Lipinski definition) is 5. The van der Waals surface area contributed by atoms with E-state index in [9.17, 15) is 5.11 Å². The maximum atomic E-state index is 9.70. The highest BCUT2D eigenvalue weighted by molar-refractivity contribution is 5.91. The van der Waals surface area contributed by atoms with E-state index < -0.39 is 6.10 Å². The second kappa shape index (κ2) is 9.29. The zero-order chi connectivity index (χ0) is 21.6. The third kappa shape index (κ3) is 5.00. The highest BCUT2D eigenvalue weighted by atomic mass is 16.5. The van der Waals surface area contributed by atoms with Gasteiger partial charge >= 0.3 is 0 Å². The molecule has 1 atom stereocenters. The van der Waals surface area contributed by atoms with Gasteiger partial charge in [0, 0.05) is 16.6 Å². The van der Waals surface area contributed by atoms with E-state index in [1.807, 2.05) is 80.6 Å². The van der Waals surface area contributed by atoms with Crippen molar-refractivity contribution < 1.29 is 9.84 Å². The predicted molar refractivity (Wildman–Crippen MR) is 124 cm³/mol. The molecule has 5 nitrogen and oxygen atoms in total. The highest BCUT2D eigenvalue weighted by Crippen LogP contribution is 2.29. The second-order valence-corrected chi connectivity index (χ2v) is 7.17. The van der Waals surface area contributed by atoms with Gasteiger partial charge in [0.2, 0.25) is 0 Å². The van der Waals surface area contributed by atoms with Gasteiger partial charge in [-0.3, -0.25) is 0 Å². The summed E-state index contributed by atoms with van der Waals surface area (Å²) in [5, 5.41) is 13.9. The zero-order valence-electron chi connectivity index (χ0n) is 17.5. The van der Waals surface area contributed by atoms with Crippen molar-refractivity contribution in [3.8, 4) is 23.3 Å². The first-order valence-corrected chi connectivity index (χ1v) is 10.2. The molecule has 1 unspecified atom stereocenters. The van der Waals surface area contributed by atoms with Crippen LogP contribution in [-0.4, -0.2) is 21.2 Å². The summed E-state index contributed by atoms with van der Waals surface area (Å²) >= 11 is 0. The Morgan fingerprint density at radius 1 is 1.03 bits per heavy atom. The van der Waals surface area contributed by atoms with Gasteiger partial charge in [-0.1, -0.05) is 37.0 Å². The molecule has 0 radical (unpaired) electrons. The first-order valence-electron chi connectivity index (χ1n) is 10.2. The number of para-hydroxylation sites is 1. The summed E-state index contributed by atoms with van der Waals surface area (Å²) in [5.41, 5.74) is 3.53. The first-order chi connectivity index (χ1) is 15.1. The van der Waals surface area contributed by atoms with Crippen molar-refractivity contribution in [2.45, 2.75) is 26.4 Å². The molecular weight excluding hydrogens is 386 g/mol. The largest absolute Gasteiger partial charge is 0.457 e. The molecular formula is C26H23N3O2. The lowest BCUT2D eigenvalue weighted by Gasteiger charge is -2.12. The summed E-state index contributed by atoms with van der Waals surface area (Å²) in [6.45, 7) is 3.90. The predicted octanol–water partition coefficient (Wildman–Crippen LogP) is 5.60. The Morgan fingerprint density at radius 2 is 1.87 bits per heavy atom. The quantitative estimate of drug-likeness (QED) is 0.420. The van der Waals surface area contributed by atoms with Gasteiger partial charge < -0.3 is 15.2 Å². The number of ether oxygens (including phenoxy) is 1. The van der Waals surface area contributed by atoms with Gasteiger partial charge in [0.25, 0.3) is 0 Å². The molecule has 0 saturated heterocycles. The van der Waals surface area contributed by atoms with Gasteiger partial charge in [-0.05, 0) is 67.4 Å². The smallest absolute Gasteiger partial charge is 0.141 e. The SMILES string of the molecule is CCC(O)C#Cc1ccc2ncnc(Nc3ccc(Oc4ccccc4)c(C)c3)c2c1. The number of fused-ring (bicyclic) bond motifs is 1. The van der Waals surface area contributed by atoms with E-state index in [1.165, 1.54) is 6.33 Å². The van der Waals surface area contributed by atoms with E-state index in [-0.39, 0.29) is 0 Å². The van der Waals surface area contributed by atoms with Crippen LogP contribution in [0, 0.1) is 18.8 Å². The zero-order valence-corrected chi connectivity index (χ0v) is 17.5. The van der Waals surface area contributed by atoms with Gasteiger partial charge in [-0.25, -0.2) is 9.97 Å². The molecule has 0 saturated carbocycles. The maximum Gasteiger partial charge on any atom is 0.141 e. The molecule has 4 aromatic rings. The first kappa shape index (κ1) is 20.4. The molecule has 0 spiro atoms. The van der Waals surface area contributed by atoms with Crippen molar-refractivity contribution in [1.29, 1.82) is 0 Å². The third-order valence-corrected chi connectivity index (χ3v) is 4.81. The van der Waals surface area contributed by atoms with Gasteiger partial charge in [-0.2, -0.15) is 0 Å². The number of aryl methyl sites for hydroxylation is 1. The average molecular weight is 409 g/mol. The molecule has 4 rings (SSSR count). The van der Waals surface area contributed by atoms with Crippen LogP contribution in [0.1, 0.15) is 24.5 Å². The molecule has 0 aliphatic carbocycles. The molecule has 0 aliphatic heterocycles. The van der Waals surface area contributed by atoms with E-state index >= 15 is 0 Å². The molecule has 3 aromatic carbocycles. The monoisotopic (exact) mass is 409 g/mol. The van der Waals surface area contributed by atoms with E-state index in [1.54, 1.807) is 0 Å². The van der Waals surface area contributed by atoms with Crippen molar-refractivity contribution >= 4 is 22.4 Å². The molecule has 31 heavy (non-hydrogen) atoms. The van der Waals surface area contributed by atoms with Gasteiger partial charge in [-0.15, -0.1) is 0 Å². The van der Waals surface area contributed by atoms with Crippen molar-refractivity contribution in [3.63, 3.8) is 0 Å². The number of hydrogen-bond donors (Lipinski definition) is 2. The molecule has 0 aliphatic rings. The Labute approximate surface area is 181 Å². The maximum absolute atomic E-state index is 9.70. The molecule has 0 bridgehead atoms. The number of rotatable bonds is 5. The number of nitrogens with zero attached hydrogens (tertiary/aromatic N) is 2. The summed E-state index contributed by atoms with van der Waals surface area (Å²) in [7, 11) is 0. The van der Waals surface area contributed by atoms with E-state index in [0.29, 0.717) is 12.2 Å². The average Bonchev–Trinajstić information content (AvgIpc) is 2.80. The molecule has 154 valence electrons. The Morgan fingerprint density at radius 3 is 2.65 bits per heavy atom. The van der Waals surface area contributed by atoms with Crippen LogP contribution in [0.3, 0.4) is 0 Å². The van der Waals surface area contributed by atoms with Gasteiger partial charge in [0.1, 0.15) is 29.7 Å². The fraction of sp³-hybridized carbons (Fsp3) is 0.154. The second-order valence-electron chi connectivity index (χ2n) is 7.17. The fourth-order valence-electron chi connectivity index (χ4n) is 3.10. The van der Waals surface area contributed by atoms with Gasteiger partial charge in [0.15, 0.2) is 0 Å². The minimum Gasteiger partial charge on any atom is -0.457 e. The van der Waals surface area contributed by atoms with Crippen LogP contribution in [-0.2, 0) is 0 Å². The molecule has 0 amide bonds. The standard InChI is InChI=1S/C26H23N3O2/c1-3-21(30)12-9-19-10-13-24-23(16-19)26(28-17-27-24)29-20-11-14-25(18(2)15-20)31-22-7-5-4-6-8-22/h4-8,10-11,13-17,21,30H,3H2,1-2H3,(H,27,28,29). The number of aromatic nitrogens is 2. The molecule has 2 N–H and O–H groups in total. The van der Waals surface area contributed by atoms with Gasteiger partial charge in [0.05, 0.1) is 5.52 Å². The summed E-state index contributed by atoms with van der Waals surface area (Å²) in [4.78, 5) is 8.77. The van der Waals surface area contributed by atoms with Crippen LogP contribution in [0.15, 0.2) is 73.1 Å². The molecule has 1 aromatic heterocycles. The lowest BCUT2D eigenvalue weighted by molar-refractivity contribution is 0.228. The molecule has 5 heteroatoms. The summed E-state index contributed by atoms with van der Waals surface area (Å²) in [5.74, 6) is 8.16. The van der Waals surface area contributed by atoms with E-state index in [2.05, 4.69) is 27.1 Å². The summed E-state index contributed by atoms with van der Waals surface area (Å²) < 4.78 is 5.97. The van der Waals surface area contributed by atoms with Crippen LogP contribution < -0.4 is 10.1 Å². The fourth-order valence-corrected chi connectivity index (χ4v) is 3.10. The third-order valence-electron chi connectivity index (χ3n) is 4.81. The van der Waals surface area contributed by atoms with Crippen molar-refractivity contribution in [2.75, 3.05) is 5.32 Å². The van der Waals surface area contributed by atoms with Crippen LogP contribution >= 0.6 is 0 Å². The van der Waals surface area contributed by atoms with Crippen LogP contribution in [0.4, 0.5) is 11.5 Å². The molecule has 0 fully saturated rings. The number of anilines is 2. The van der Waals surface area contributed by atoms with Crippen LogP contribution in [0.25, 0.3) is 10.9 Å². The number of aliphatic hydroxyl groups is 1. The normalized spacial score (nSPS) is 11.5. The van der Waals surface area contributed by atoms with Crippen molar-refractivity contribution in [3.05, 3.63) is 84.2 Å². The van der Waals surface area contributed by atoms with Crippen LogP contribution in [0.2, 0.25) is 0 Å². The summed E-state index contributed by atoms with van der Waals surface area (Å²) in [6, 6.07) is 21.4. The number of aliphatic hydroxyl groups excluding tert-OH is 1. The number of nitrogens with one attached hydrogen (secondary N) is 1. The Hall–Kier alpha value is -3.88. The summed E-state index contributed by atoms with van der Waals surface area (Å²) in [6.07, 6.45) is 1.51. The minimum absolute atomic E-state index is 0.597. The Kier molecular flexibility index (Phi) is 6.11. The Bertz CT molecular complexity index is 1260. The van der Waals surface area contributed by atoms with Crippen molar-refractivity contribution in [2.24, 2.45) is 0 Å². The van der Waals surface area contributed by atoms with E-state index in [4.69, 9.17) is 4.74 Å².